The zero-order chi connectivity index (χ0) is 13.8. The van der Waals surface area contributed by atoms with Crippen LogP contribution in [0.4, 0.5) is 0 Å². The lowest BCUT2D eigenvalue weighted by atomic mass is 10.0. The van der Waals surface area contributed by atoms with Crippen LogP contribution in [0.15, 0.2) is 39.4 Å². The lowest BCUT2D eigenvalue weighted by molar-refractivity contribution is 0.541. The molecule has 0 saturated carbocycles. The van der Waals surface area contributed by atoms with Crippen LogP contribution >= 0.6 is 31.9 Å². The van der Waals surface area contributed by atoms with Crippen LogP contribution in [-0.4, -0.2) is 16.3 Å². The number of halogens is 2. The quantitative estimate of drug-likeness (QED) is 0.837. The Morgan fingerprint density at radius 3 is 2.47 bits per heavy atom. The third-order valence-corrected chi connectivity index (χ3v) is 4.16. The van der Waals surface area contributed by atoms with Crippen molar-refractivity contribution in [3.8, 4) is 0 Å². The van der Waals surface area contributed by atoms with Gasteiger partial charge < -0.3 is 5.32 Å². The average Bonchev–Trinajstić information content (AvgIpc) is 2.78. The fourth-order valence-electron chi connectivity index (χ4n) is 2.14. The highest BCUT2D eigenvalue weighted by Gasteiger charge is 2.20. The first-order valence-electron chi connectivity index (χ1n) is 6.37. The molecule has 19 heavy (non-hydrogen) atoms. The molecule has 1 atom stereocenters. The van der Waals surface area contributed by atoms with E-state index in [0.717, 1.165) is 22.0 Å². The van der Waals surface area contributed by atoms with Crippen molar-refractivity contribution in [1.29, 1.82) is 0 Å². The van der Waals surface area contributed by atoms with Crippen LogP contribution < -0.4 is 5.32 Å². The summed E-state index contributed by atoms with van der Waals surface area (Å²) in [5, 5.41) is 7.93. The number of aromatic nitrogens is 2. The molecule has 0 bridgehead atoms. The first-order chi connectivity index (χ1) is 9.17. The van der Waals surface area contributed by atoms with E-state index in [1.165, 1.54) is 11.3 Å². The van der Waals surface area contributed by atoms with Crippen LogP contribution in [0.5, 0.6) is 0 Å². The van der Waals surface area contributed by atoms with Gasteiger partial charge >= 0.3 is 0 Å². The molecule has 1 N–H and O–H groups in total. The molecule has 5 heteroatoms. The van der Waals surface area contributed by atoms with Gasteiger partial charge in [-0.05, 0) is 47.1 Å². The van der Waals surface area contributed by atoms with Crippen molar-refractivity contribution in [3.05, 3.63) is 50.7 Å². The summed E-state index contributed by atoms with van der Waals surface area (Å²) in [5.74, 6) is 0. The van der Waals surface area contributed by atoms with Crippen LogP contribution in [0.3, 0.4) is 0 Å². The summed E-state index contributed by atoms with van der Waals surface area (Å²) >= 11 is 7.09. The van der Waals surface area contributed by atoms with Gasteiger partial charge in [-0.3, -0.25) is 4.68 Å². The van der Waals surface area contributed by atoms with E-state index in [1.54, 1.807) is 0 Å². The monoisotopic (exact) mass is 385 g/mol. The Morgan fingerprint density at radius 2 is 1.89 bits per heavy atom. The van der Waals surface area contributed by atoms with Crippen LogP contribution in [0.1, 0.15) is 31.1 Å². The molecule has 0 amide bonds. The van der Waals surface area contributed by atoms with E-state index in [1.807, 2.05) is 10.9 Å². The standard InChI is InChI=1S/C14H17Br2N3/c1-3-17-13(10-5-7-11(15)8-6-10)14-12(16)9-18-19(14)4-2/h5-9,13,17H,3-4H2,1-2H3. The molecule has 0 fully saturated rings. The topological polar surface area (TPSA) is 29.9 Å². The predicted octanol–water partition coefficient (Wildman–Crippen LogP) is 4.13. The highest BCUT2D eigenvalue weighted by atomic mass is 79.9. The SMILES string of the molecule is CCNC(c1ccc(Br)cc1)c1c(Br)cnn1CC. The molecule has 1 aromatic carbocycles. The Bertz CT molecular complexity index is 534. The van der Waals surface area contributed by atoms with Crippen molar-refractivity contribution in [2.24, 2.45) is 0 Å². The minimum atomic E-state index is 0.148. The Balaban J connectivity index is 2.44. The lowest BCUT2D eigenvalue weighted by Crippen LogP contribution is -2.25. The summed E-state index contributed by atoms with van der Waals surface area (Å²) in [4.78, 5) is 0. The van der Waals surface area contributed by atoms with Crippen molar-refractivity contribution >= 4 is 31.9 Å². The van der Waals surface area contributed by atoms with Crippen molar-refractivity contribution in [2.75, 3.05) is 6.54 Å². The second-order valence-electron chi connectivity index (χ2n) is 4.24. The summed E-state index contributed by atoms with van der Waals surface area (Å²) < 4.78 is 4.16. The average molecular weight is 387 g/mol. The molecule has 0 saturated heterocycles. The summed E-state index contributed by atoms with van der Waals surface area (Å²) in [5.41, 5.74) is 2.41. The summed E-state index contributed by atoms with van der Waals surface area (Å²) in [6.07, 6.45) is 1.86. The summed E-state index contributed by atoms with van der Waals surface area (Å²) in [6.45, 7) is 5.99. The van der Waals surface area contributed by atoms with Crippen LogP contribution in [0, 0.1) is 0 Å². The van der Waals surface area contributed by atoms with E-state index in [4.69, 9.17) is 0 Å². The van der Waals surface area contributed by atoms with E-state index in [0.29, 0.717) is 0 Å². The number of nitrogens with zero attached hydrogens (tertiary/aromatic N) is 2. The maximum absolute atomic E-state index is 4.40. The molecule has 0 spiro atoms. The lowest BCUT2D eigenvalue weighted by Gasteiger charge is -2.20. The molecule has 2 rings (SSSR count). The molecule has 0 aliphatic carbocycles. The Morgan fingerprint density at radius 1 is 1.21 bits per heavy atom. The number of hydrogen-bond donors (Lipinski definition) is 1. The molecule has 1 aromatic heterocycles. The number of nitrogens with one attached hydrogen (secondary N) is 1. The van der Waals surface area contributed by atoms with Gasteiger partial charge in [0.15, 0.2) is 0 Å². The van der Waals surface area contributed by atoms with Gasteiger partial charge in [-0.25, -0.2) is 0 Å². The summed E-state index contributed by atoms with van der Waals surface area (Å²) in [6, 6.07) is 8.56. The minimum Gasteiger partial charge on any atom is -0.305 e. The second kappa shape index (κ2) is 6.68. The van der Waals surface area contributed by atoms with Gasteiger partial charge in [0.25, 0.3) is 0 Å². The number of benzene rings is 1. The van der Waals surface area contributed by atoms with Gasteiger partial charge in [0.2, 0.25) is 0 Å². The van der Waals surface area contributed by atoms with E-state index in [9.17, 15) is 0 Å². The smallest absolute Gasteiger partial charge is 0.0759 e. The Kier molecular flexibility index (Phi) is 5.19. The van der Waals surface area contributed by atoms with Gasteiger partial charge in [-0.15, -0.1) is 0 Å². The highest BCUT2D eigenvalue weighted by molar-refractivity contribution is 9.10. The fourth-order valence-corrected chi connectivity index (χ4v) is 2.93. The molecule has 1 unspecified atom stereocenters. The molecule has 0 aliphatic rings. The van der Waals surface area contributed by atoms with E-state index in [-0.39, 0.29) is 6.04 Å². The van der Waals surface area contributed by atoms with Gasteiger partial charge in [0, 0.05) is 11.0 Å². The molecule has 1 heterocycles. The van der Waals surface area contributed by atoms with E-state index >= 15 is 0 Å². The number of hydrogen-bond acceptors (Lipinski definition) is 2. The fraction of sp³-hybridized carbons (Fsp3) is 0.357. The molecule has 2 aromatic rings. The third-order valence-electron chi connectivity index (χ3n) is 3.02. The zero-order valence-electron chi connectivity index (χ0n) is 11.0. The minimum absolute atomic E-state index is 0.148. The highest BCUT2D eigenvalue weighted by Crippen LogP contribution is 2.29. The first-order valence-corrected chi connectivity index (χ1v) is 7.96. The first kappa shape index (κ1) is 14.8. The maximum atomic E-state index is 4.40. The van der Waals surface area contributed by atoms with Gasteiger partial charge in [0.1, 0.15) is 0 Å². The summed E-state index contributed by atoms with van der Waals surface area (Å²) in [7, 11) is 0. The van der Waals surface area contributed by atoms with Crippen molar-refractivity contribution < 1.29 is 0 Å². The molecule has 3 nitrogen and oxygen atoms in total. The maximum Gasteiger partial charge on any atom is 0.0759 e. The van der Waals surface area contributed by atoms with Gasteiger partial charge in [-0.1, -0.05) is 35.0 Å². The normalized spacial score (nSPS) is 12.6. The number of rotatable bonds is 5. The molecule has 0 radical (unpaired) electrons. The molecular formula is C14H17Br2N3. The largest absolute Gasteiger partial charge is 0.305 e. The van der Waals surface area contributed by atoms with Gasteiger partial charge in [-0.2, -0.15) is 5.10 Å². The zero-order valence-corrected chi connectivity index (χ0v) is 14.2. The van der Waals surface area contributed by atoms with Crippen LogP contribution in [-0.2, 0) is 6.54 Å². The van der Waals surface area contributed by atoms with Crippen molar-refractivity contribution in [1.82, 2.24) is 15.1 Å². The Labute approximate surface area is 130 Å². The van der Waals surface area contributed by atoms with E-state index in [2.05, 4.69) is 80.4 Å². The van der Waals surface area contributed by atoms with Crippen LogP contribution in [0.25, 0.3) is 0 Å². The van der Waals surface area contributed by atoms with Crippen molar-refractivity contribution in [2.45, 2.75) is 26.4 Å². The molecule has 102 valence electrons. The van der Waals surface area contributed by atoms with Gasteiger partial charge in [0.05, 0.1) is 22.4 Å². The Hall–Kier alpha value is -0.650. The third kappa shape index (κ3) is 3.27. The van der Waals surface area contributed by atoms with Crippen LogP contribution in [0.2, 0.25) is 0 Å². The predicted molar refractivity (Wildman–Crippen MR) is 85.3 cm³/mol. The van der Waals surface area contributed by atoms with Crippen molar-refractivity contribution in [3.63, 3.8) is 0 Å². The molecule has 0 aliphatic heterocycles. The molecular weight excluding hydrogens is 370 g/mol. The number of aryl methyl sites for hydroxylation is 1. The van der Waals surface area contributed by atoms with E-state index < -0.39 is 0 Å². The second-order valence-corrected chi connectivity index (χ2v) is 6.01.